The Morgan fingerprint density at radius 3 is 2.27 bits per heavy atom. The van der Waals surface area contributed by atoms with Crippen molar-refractivity contribution in [1.82, 2.24) is 0 Å². The van der Waals surface area contributed by atoms with Crippen molar-refractivity contribution in [2.24, 2.45) is 0 Å². The predicted molar refractivity (Wildman–Crippen MR) is 61.5 cm³/mol. The molecule has 1 heterocycles. The summed E-state index contributed by atoms with van der Waals surface area (Å²) in [5.41, 5.74) is -1.47. The molecule has 1 aliphatic rings. The first-order valence-corrected chi connectivity index (χ1v) is 5.55. The van der Waals surface area contributed by atoms with E-state index in [1.54, 1.807) is 0 Å². The SMILES string of the molecule is CC#CCCC1(O)CC(C)(C)OC1(C)C. The number of hydrogen-bond donors (Lipinski definition) is 1. The van der Waals surface area contributed by atoms with Gasteiger partial charge in [-0.3, -0.25) is 0 Å². The van der Waals surface area contributed by atoms with E-state index in [4.69, 9.17) is 4.74 Å². The van der Waals surface area contributed by atoms with E-state index in [1.165, 1.54) is 0 Å². The zero-order chi connectivity index (χ0) is 11.7. The first kappa shape index (κ1) is 12.5. The molecule has 1 unspecified atom stereocenters. The summed E-state index contributed by atoms with van der Waals surface area (Å²) in [5.74, 6) is 5.85. The van der Waals surface area contributed by atoms with E-state index in [9.17, 15) is 5.11 Å². The van der Waals surface area contributed by atoms with Gasteiger partial charge in [0.2, 0.25) is 0 Å². The van der Waals surface area contributed by atoms with Crippen LogP contribution in [0.25, 0.3) is 0 Å². The monoisotopic (exact) mass is 210 g/mol. The first-order chi connectivity index (χ1) is 6.72. The van der Waals surface area contributed by atoms with Crippen LogP contribution in [0, 0.1) is 11.8 Å². The molecule has 0 saturated carbocycles. The predicted octanol–water partition coefficient (Wildman–Crippen LogP) is 2.50. The van der Waals surface area contributed by atoms with Crippen molar-refractivity contribution in [2.45, 2.75) is 70.7 Å². The molecule has 2 heteroatoms. The Kier molecular flexibility index (Phi) is 3.19. The Hall–Kier alpha value is -0.520. The molecule has 0 amide bonds. The largest absolute Gasteiger partial charge is 0.387 e. The van der Waals surface area contributed by atoms with Crippen LogP contribution in [-0.2, 0) is 4.74 Å². The summed E-state index contributed by atoms with van der Waals surface area (Å²) in [4.78, 5) is 0. The minimum atomic E-state index is -0.750. The van der Waals surface area contributed by atoms with Gasteiger partial charge in [0, 0.05) is 12.8 Å². The molecule has 1 rings (SSSR count). The number of hydrogen-bond acceptors (Lipinski definition) is 2. The summed E-state index contributed by atoms with van der Waals surface area (Å²) < 4.78 is 5.88. The number of ether oxygens (including phenoxy) is 1. The van der Waals surface area contributed by atoms with Crippen LogP contribution in [0.4, 0.5) is 0 Å². The quantitative estimate of drug-likeness (QED) is 0.710. The van der Waals surface area contributed by atoms with Gasteiger partial charge in [0.1, 0.15) is 0 Å². The fraction of sp³-hybridized carbons (Fsp3) is 0.846. The summed E-state index contributed by atoms with van der Waals surface area (Å²) in [6.45, 7) is 9.79. The van der Waals surface area contributed by atoms with Crippen molar-refractivity contribution in [3.05, 3.63) is 0 Å². The molecule has 1 saturated heterocycles. The van der Waals surface area contributed by atoms with E-state index in [0.717, 1.165) is 6.42 Å². The average Bonchev–Trinajstić information content (AvgIpc) is 2.16. The molecule has 1 fully saturated rings. The lowest BCUT2D eigenvalue weighted by atomic mass is 9.79. The molecule has 0 radical (unpaired) electrons. The third-order valence-corrected chi connectivity index (χ3v) is 3.21. The highest BCUT2D eigenvalue weighted by Crippen LogP contribution is 2.47. The molecule has 1 atom stereocenters. The average molecular weight is 210 g/mol. The summed E-state index contributed by atoms with van der Waals surface area (Å²) in [7, 11) is 0. The van der Waals surface area contributed by atoms with Gasteiger partial charge >= 0.3 is 0 Å². The summed E-state index contributed by atoms with van der Waals surface area (Å²) in [5, 5.41) is 10.6. The molecular weight excluding hydrogens is 188 g/mol. The zero-order valence-electron chi connectivity index (χ0n) is 10.5. The smallest absolute Gasteiger partial charge is 0.0967 e. The third kappa shape index (κ3) is 2.53. The maximum absolute atomic E-state index is 10.6. The van der Waals surface area contributed by atoms with Crippen LogP contribution in [0.1, 0.15) is 53.9 Å². The second-order valence-corrected chi connectivity index (χ2v) is 5.51. The molecule has 0 aromatic rings. The van der Waals surface area contributed by atoms with Crippen LogP contribution in [0.5, 0.6) is 0 Å². The molecule has 0 aromatic heterocycles. The Balaban J connectivity index is 2.77. The fourth-order valence-electron chi connectivity index (χ4n) is 2.52. The van der Waals surface area contributed by atoms with Gasteiger partial charge in [-0.1, -0.05) is 0 Å². The summed E-state index contributed by atoms with van der Waals surface area (Å²) >= 11 is 0. The van der Waals surface area contributed by atoms with Gasteiger partial charge in [-0.05, 0) is 41.0 Å². The van der Waals surface area contributed by atoms with Crippen molar-refractivity contribution in [2.75, 3.05) is 0 Å². The lowest BCUT2D eigenvalue weighted by Crippen LogP contribution is -2.46. The molecule has 2 nitrogen and oxygen atoms in total. The molecule has 0 spiro atoms. The van der Waals surface area contributed by atoms with Crippen molar-refractivity contribution in [3.8, 4) is 11.8 Å². The topological polar surface area (TPSA) is 29.5 Å². The van der Waals surface area contributed by atoms with Crippen LogP contribution in [0.15, 0.2) is 0 Å². The van der Waals surface area contributed by atoms with E-state index in [0.29, 0.717) is 12.8 Å². The lowest BCUT2D eigenvalue weighted by Gasteiger charge is -2.34. The molecule has 15 heavy (non-hydrogen) atoms. The van der Waals surface area contributed by atoms with Gasteiger partial charge in [-0.2, -0.15) is 0 Å². The van der Waals surface area contributed by atoms with Crippen molar-refractivity contribution in [1.29, 1.82) is 0 Å². The maximum atomic E-state index is 10.6. The van der Waals surface area contributed by atoms with Crippen LogP contribution < -0.4 is 0 Å². The van der Waals surface area contributed by atoms with Crippen molar-refractivity contribution < 1.29 is 9.84 Å². The van der Waals surface area contributed by atoms with Crippen LogP contribution in [-0.4, -0.2) is 21.9 Å². The number of aliphatic hydroxyl groups is 1. The van der Waals surface area contributed by atoms with Gasteiger partial charge in [0.15, 0.2) is 0 Å². The number of rotatable bonds is 2. The summed E-state index contributed by atoms with van der Waals surface area (Å²) in [6.07, 6.45) is 2.10. The Morgan fingerprint density at radius 2 is 1.87 bits per heavy atom. The molecule has 0 aromatic carbocycles. The lowest BCUT2D eigenvalue weighted by molar-refractivity contribution is -0.128. The normalized spacial score (nSPS) is 32.1. The van der Waals surface area contributed by atoms with E-state index in [2.05, 4.69) is 11.8 Å². The van der Waals surface area contributed by atoms with Gasteiger partial charge in [0.05, 0.1) is 16.8 Å². The Morgan fingerprint density at radius 1 is 1.27 bits per heavy atom. The molecule has 86 valence electrons. The highest BCUT2D eigenvalue weighted by molar-refractivity contribution is 5.08. The fourth-order valence-corrected chi connectivity index (χ4v) is 2.52. The van der Waals surface area contributed by atoms with Gasteiger partial charge in [-0.15, -0.1) is 11.8 Å². The highest BCUT2D eigenvalue weighted by atomic mass is 16.5. The van der Waals surface area contributed by atoms with Gasteiger partial charge in [-0.25, -0.2) is 0 Å². The molecule has 1 aliphatic heterocycles. The first-order valence-electron chi connectivity index (χ1n) is 5.55. The Bertz CT molecular complexity index is 293. The van der Waals surface area contributed by atoms with Crippen LogP contribution in [0.3, 0.4) is 0 Å². The zero-order valence-corrected chi connectivity index (χ0v) is 10.5. The Labute approximate surface area is 93.0 Å². The van der Waals surface area contributed by atoms with Gasteiger partial charge < -0.3 is 9.84 Å². The van der Waals surface area contributed by atoms with Gasteiger partial charge in [0.25, 0.3) is 0 Å². The van der Waals surface area contributed by atoms with E-state index in [1.807, 2.05) is 34.6 Å². The second kappa shape index (κ2) is 3.81. The molecule has 0 aliphatic carbocycles. The van der Waals surface area contributed by atoms with E-state index < -0.39 is 11.2 Å². The minimum absolute atomic E-state index is 0.238. The third-order valence-electron chi connectivity index (χ3n) is 3.21. The minimum Gasteiger partial charge on any atom is -0.387 e. The van der Waals surface area contributed by atoms with E-state index in [-0.39, 0.29) is 5.60 Å². The van der Waals surface area contributed by atoms with E-state index >= 15 is 0 Å². The standard InChI is InChI=1S/C13H22O2/c1-6-7-8-9-13(14)10-11(2,3)15-12(13,4)5/h14H,8-10H2,1-5H3. The van der Waals surface area contributed by atoms with Crippen LogP contribution in [0.2, 0.25) is 0 Å². The van der Waals surface area contributed by atoms with Crippen molar-refractivity contribution in [3.63, 3.8) is 0 Å². The molecule has 1 N–H and O–H groups in total. The van der Waals surface area contributed by atoms with Crippen LogP contribution >= 0.6 is 0 Å². The molecular formula is C13H22O2. The second-order valence-electron chi connectivity index (χ2n) is 5.51. The molecule has 0 bridgehead atoms. The summed E-state index contributed by atoms with van der Waals surface area (Å²) in [6, 6.07) is 0. The maximum Gasteiger partial charge on any atom is 0.0967 e. The highest BCUT2D eigenvalue weighted by Gasteiger charge is 2.55. The van der Waals surface area contributed by atoms with Crippen molar-refractivity contribution >= 4 is 0 Å².